The van der Waals surface area contributed by atoms with E-state index in [2.05, 4.69) is 15.6 Å². The summed E-state index contributed by atoms with van der Waals surface area (Å²) in [5.74, 6) is -0.705. The molecule has 0 spiro atoms. The molecular weight excluding hydrogens is 502 g/mol. The number of aromatic nitrogens is 1. The molecular formula is C30H38F2N4O3. The number of nitrogens with one attached hydrogen (secondary N) is 3. The van der Waals surface area contributed by atoms with Crippen molar-refractivity contribution in [1.29, 1.82) is 0 Å². The van der Waals surface area contributed by atoms with Crippen molar-refractivity contribution >= 4 is 16.8 Å². The van der Waals surface area contributed by atoms with Crippen molar-refractivity contribution in [3.8, 4) is 5.75 Å². The Labute approximate surface area is 227 Å². The quantitative estimate of drug-likeness (QED) is 0.246. The first kappa shape index (κ1) is 28.7. The number of fused-ring (bicyclic) bond motifs is 1. The van der Waals surface area contributed by atoms with Gasteiger partial charge in [0, 0.05) is 43.5 Å². The van der Waals surface area contributed by atoms with Crippen molar-refractivity contribution in [2.24, 2.45) is 0 Å². The number of aromatic amines is 1. The van der Waals surface area contributed by atoms with Crippen LogP contribution in [0, 0.1) is 11.6 Å². The van der Waals surface area contributed by atoms with Gasteiger partial charge in [-0.2, -0.15) is 0 Å². The minimum Gasteiger partial charge on any atom is -0.506 e. The Kier molecular flexibility index (Phi) is 10.4. The lowest BCUT2D eigenvalue weighted by Crippen LogP contribution is -2.45. The fourth-order valence-corrected chi connectivity index (χ4v) is 5.39. The Morgan fingerprint density at radius 3 is 2.46 bits per heavy atom. The predicted octanol–water partition coefficient (Wildman–Crippen LogP) is 4.03. The number of hydrogen-bond acceptors (Lipinski definition) is 5. The number of halogens is 2. The number of nitrogens with zero attached hydrogens (tertiary/aromatic N) is 1. The number of phenols is 1. The van der Waals surface area contributed by atoms with Gasteiger partial charge >= 0.3 is 0 Å². The number of carbonyl (C=O) groups is 1. The van der Waals surface area contributed by atoms with E-state index in [0.29, 0.717) is 56.6 Å². The predicted molar refractivity (Wildman–Crippen MR) is 149 cm³/mol. The van der Waals surface area contributed by atoms with E-state index in [1.807, 2.05) is 11.0 Å². The highest BCUT2D eigenvalue weighted by Gasteiger charge is 2.24. The largest absolute Gasteiger partial charge is 0.506 e. The first-order valence-electron chi connectivity index (χ1n) is 13.9. The van der Waals surface area contributed by atoms with Crippen LogP contribution >= 0.6 is 0 Å². The molecule has 9 heteroatoms. The summed E-state index contributed by atoms with van der Waals surface area (Å²) in [6.45, 7) is 2.95. The van der Waals surface area contributed by atoms with E-state index in [9.17, 15) is 23.5 Å². The van der Waals surface area contributed by atoms with Crippen LogP contribution in [0.5, 0.6) is 5.75 Å². The molecule has 7 nitrogen and oxygen atoms in total. The van der Waals surface area contributed by atoms with Gasteiger partial charge in [0.15, 0.2) is 0 Å². The molecule has 39 heavy (non-hydrogen) atoms. The zero-order valence-electron chi connectivity index (χ0n) is 22.3. The van der Waals surface area contributed by atoms with Crippen LogP contribution in [-0.4, -0.2) is 59.7 Å². The highest BCUT2D eigenvalue weighted by atomic mass is 19.1. The topological polar surface area (TPSA) is 97.5 Å². The lowest BCUT2D eigenvalue weighted by atomic mass is 9.94. The van der Waals surface area contributed by atoms with Gasteiger partial charge in [-0.15, -0.1) is 0 Å². The Hall–Kier alpha value is -3.30. The Morgan fingerprint density at radius 2 is 1.67 bits per heavy atom. The number of carbonyl (C=O) groups excluding carboxylic acids is 1. The van der Waals surface area contributed by atoms with Crippen molar-refractivity contribution < 1.29 is 18.7 Å². The summed E-state index contributed by atoms with van der Waals surface area (Å²) < 4.78 is 27.2. The highest BCUT2D eigenvalue weighted by molar-refractivity contribution is 5.87. The molecule has 210 valence electrons. The Bertz CT molecular complexity index is 1310. The number of H-pyrrole nitrogens is 1. The first-order chi connectivity index (χ1) is 18.9. The van der Waals surface area contributed by atoms with Crippen molar-refractivity contribution in [3.63, 3.8) is 0 Å². The van der Waals surface area contributed by atoms with Gasteiger partial charge in [-0.25, -0.2) is 8.78 Å². The van der Waals surface area contributed by atoms with Crippen molar-refractivity contribution in [1.82, 2.24) is 20.5 Å². The Morgan fingerprint density at radius 1 is 0.923 bits per heavy atom. The third-order valence-electron chi connectivity index (χ3n) is 7.49. The molecule has 2 aromatic carbocycles. The van der Waals surface area contributed by atoms with Gasteiger partial charge in [0.1, 0.15) is 17.4 Å². The number of pyridine rings is 1. The molecule has 1 fully saturated rings. The normalized spacial score (nSPS) is 14.1. The summed E-state index contributed by atoms with van der Waals surface area (Å²) in [5.41, 5.74) is 1.55. The van der Waals surface area contributed by atoms with Crippen molar-refractivity contribution in [3.05, 3.63) is 75.6 Å². The van der Waals surface area contributed by atoms with Crippen LogP contribution in [0.1, 0.15) is 49.7 Å². The third kappa shape index (κ3) is 8.10. The van der Waals surface area contributed by atoms with E-state index < -0.39 is 11.6 Å². The molecule has 0 atom stereocenters. The summed E-state index contributed by atoms with van der Waals surface area (Å²) in [6.07, 6.45) is 6.97. The van der Waals surface area contributed by atoms with Crippen LogP contribution in [-0.2, 0) is 17.6 Å². The zero-order chi connectivity index (χ0) is 27.6. The molecule has 1 amide bonds. The minimum absolute atomic E-state index is 0.0525. The second-order valence-electron chi connectivity index (χ2n) is 10.2. The molecule has 1 aliphatic carbocycles. The molecule has 0 aliphatic heterocycles. The van der Waals surface area contributed by atoms with Gasteiger partial charge in [0.05, 0.1) is 5.52 Å². The standard InChI is InChI=1S/C30H38F2N4O3/c31-23-7-9-26(32)22(20-23)13-16-33-17-14-29(39)36(24-4-2-1-3-5-24)19-18-34-15-12-21-6-10-27(37)30-25(21)8-11-28(38)35-30/h6-11,20,24,33-34,37H,1-5,12-19H2,(H,35,38). The highest BCUT2D eigenvalue weighted by Crippen LogP contribution is 2.25. The zero-order valence-corrected chi connectivity index (χ0v) is 22.3. The van der Waals surface area contributed by atoms with Crippen LogP contribution < -0.4 is 16.2 Å². The molecule has 0 radical (unpaired) electrons. The average molecular weight is 541 g/mol. The summed E-state index contributed by atoms with van der Waals surface area (Å²) in [4.78, 5) is 29.5. The summed E-state index contributed by atoms with van der Waals surface area (Å²) in [5, 5.41) is 17.5. The molecule has 1 aromatic heterocycles. The van der Waals surface area contributed by atoms with Crippen LogP contribution in [0.4, 0.5) is 8.78 Å². The number of benzene rings is 2. The van der Waals surface area contributed by atoms with Crippen LogP contribution in [0.2, 0.25) is 0 Å². The molecule has 0 unspecified atom stereocenters. The van der Waals surface area contributed by atoms with Crippen LogP contribution in [0.25, 0.3) is 10.9 Å². The van der Waals surface area contributed by atoms with Crippen LogP contribution in [0.3, 0.4) is 0 Å². The number of hydrogen-bond donors (Lipinski definition) is 4. The lowest BCUT2D eigenvalue weighted by molar-refractivity contribution is -0.134. The Balaban J connectivity index is 1.23. The number of rotatable bonds is 13. The number of phenolic OH excluding ortho intramolecular Hbond substituents is 1. The SMILES string of the molecule is O=C(CCNCCc1cc(F)ccc1F)N(CCNCCc1ccc(O)c2[nH]c(=O)ccc12)C1CCCCC1. The number of aromatic hydroxyl groups is 1. The molecule has 1 saturated carbocycles. The van der Waals surface area contributed by atoms with E-state index in [1.165, 1.54) is 18.6 Å². The van der Waals surface area contributed by atoms with Crippen LogP contribution in [0.15, 0.2) is 47.3 Å². The summed E-state index contributed by atoms with van der Waals surface area (Å²) in [7, 11) is 0. The maximum atomic E-state index is 13.8. The molecule has 1 heterocycles. The maximum Gasteiger partial charge on any atom is 0.248 e. The van der Waals surface area contributed by atoms with E-state index in [-0.39, 0.29) is 23.3 Å². The van der Waals surface area contributed by atoms with E-state index >= 15 is 0 Å². The molecule has 4 rings (SSSR count). The fraction of sp³-hybridized carbons (Fsp3) is 0.467. The van der Waals surface area contributed by atoms with E-state index in [4.69, 9.17) is 0 Å². The molecule has 4 N–H and O–H groups in total. The monoisotopic (exact) mass is 540 g/mol. The molecule has 3 aromatic rings. The van der Waals surface area contributed by atoms with E-state index in [0.717, 1.165) is 55.2 Å². The first-order valence-corrected chi connectivity index (χ1v) is 13.9. The fourth-order valence-electron chi connectivity index (χ4n) is 5.39. The second-order valence-corrected chi connectivity index (χ2v) is 10.2. The lowest BCUT2D eigenvalue weighted by Gasteiger charge is -2.34. The average Bonchev–Trinajstić information content (AvgIpc) is 2.94. The third-order valence-corrected chi connectivity index (χ3v) is 7.49. The summed E-state index contributed by atoms with van der Waals surface area (Å²) >= 11 is 0. The second kappa shape index (κ2) is 14.2. The number of amides is 1. The van der Waals surface area contributed by atoms with Gasteiger partial charge in [0.2, 0.25) is 11.5 Å². The van der Waals surface area contributed by atoms with Gasteiger partial charge in [0.25, 0.3) is 0 Å². The maximum absolute atomic E-state index is 13.8. The van der Waals surface area contributed by atoms with Crippen molar-refractivity contribution in [2.45, 2.75) is 57.4 Å². The van der Waals surface area contributed by atoms with Crippen molar-refractivity contribution in [2.75, 3.05) is 32.7 Å². The molecule has 0 saturated heterocycles. The minimum atomic E-state index is -0.453. The van der Waals surface area contributed by atoms with Gasteiger partial charge in [-0.3, -0.25) is 9.59 Å². The van der Waals surface area contributed by atoms with Gasteiger partial charge < -0.3 is 25.6 Å². The van der Waals surface area contributed by atoms with E-state index in [1.54, 1.807) is 12.1 Å². The van der Waals surface area contributed by atoms with Gasteiger partial charge in [-0.1, -0.05) is 25.3 Å². The summed E-state index contributed by atoms with van der Waals surface area (Å²) in [6, 6.07) is 10.4. The molecule has 0 bridgehead atoms. The smallest absolute Gasteiger partial charge is 0.248 e. The van der Waals surface area contributed by atoms with Gasteiger partial charge in [-0.05, 0) is 80.2 Å². The molecule has 1 aliphatic rings.